The van der Waals surface area contributed by atoms with E-state index < -0.39 is 10.0 Å². The van der Waals surface area contributed by atoms with Crippen LogP contribution >= 0.6 is 0 Å². The fourth-order valence-corrected chi connectivity index (χ4v) is 3.32. The molecule has 0 aliphatic carbocycles. The molecule has 114 valence electrons. The molecule has 0 radical (unpaired) electrons. The maximum absolute atomic E-state index is 12.1. The first-order chi connectivity index (χ1) is 10.1. The highest BCUT2D eigenvalue weighted by Gasteiger charge is 2.15. The molecule has 2 N–H and O–H groups in total. The molecule has 1 aliphatic rings. The lowest BCUT2D eigenvalue weighted by atomic mass is 10.2. The van der Waals surface area contributed by atoms with Crippen molar-refractivity contribution in [2.45, 2.75) is 11.3 Å². The van der Waals surface area contributed by atoms with Gasteiger partial charge >= 0.3 is 0 Å². The summed E-state index contributed by atoms with van der Waals surface area (Å²) >= 11 is 0. The van der Waals surface area contributed by atoms with Gasteiger partial charge in [0.2, 0.25) is 10.0 Å². The number of benzene rings is 1. The predicted octanol–water partition coefficient (Wildman–Crippen LogP) is -0.858. The van der Waals surface area contributed by atoms with E-state index in [-0.39, 0.29) is 4.90 Å². The normalized spacial score (nSPS) is 16.5. The number of morpholine rings is 1. The molecule has 0 aromatic heterocycles. The van der Waals surface area contributed by atoms with E-state index in [9.17, 15) is 8.42 Å². The quantitative estimate of drug-likeness (QED) is 0.670. The Morgan fingerprint density at radius 3 is 2.52 bits per heavy atom. The molecule has 1 aromatic carbocycles. The minimum atomic E-state index is -3.48. The van der Waals surface area contributed by atoms with Crippen LogP contribution in [0.4, 0.5) is 0 Å². The smallest absolute Gasteiger partial charge is 0.240 e. The van der Waals surface area contributed by atoms with Crippen LogP contribution in [0.1, 0.15) is 12.0 Å². The summed E-state index contributed by atoms with van der Waals surface area (Å²) in [5.41, 5.74) is 0.449. The van der Waals surface area contributed by atoms with E-state index in [0.29, 0.717) is 12.1 Å². The third-order valence-electron chi connectivity index (χ3n) is 3.49. The maximum Gasteiger partial charge on any atom is 0.240 e. The maximum atomic E-state index is 12.1. The van der Waals surface area contributed by atoms with Crippen LogP contribution < -0.4 is 9.62 Å². The van der Waals surface area contributed by atoms with Crippen molar-refractivity contribution in [1.82, 2.24) is 4.72 Å². The number of ether oxygens (including phenoxy) is 1. The first-order valence-electron chi connectivity index (χ1n) is 7.03. The van der Waals surface area contributed by atoms with Crippen LogP contribution in [-0.4, -0.2) is 47.8 Å². The van der Waals surface area contributed by atoms with E-state index in [4.69, 9.17) is 10.00 Å². The molecule has 0 unspecified atom stereocenters. The number of quaternary nitrogens is 1. The van der Waals surface area contributed by atoms with Crippen molar-refractivity contribution in [3.8, 4) is 6.07 Å². The summed E-state index contributed by atoms with van der Waals surface area (Å²) in [5.74, 6) is 0. The van der Waals surface area contributed by atoms with Crippen LogP contribution in [0, 0.1) is 11.3 Å². The second kappa shape index (κ2) is 7.52. The largest absolute Gasteiger partial charge is 0.370 e. The number of rotatable bonds is 6. The first kappa shape index (κ1) is 15.9. The summed E-state index contributed by atoms with van der Waals surface area (Å²) in [6.07, 6.45) is 0.796. The number of sulfonamides is 1. The minimum Gasteiger partial charge on any atom is -0.370 e. The van der Waals surface area contributed by atoms with Crippen molar-refractivity contribution in [3.63, 3.8) is 0 Å². The zero-order valence-electron chi connectivity index (χ0n) is 11.8. The topological polar surface area (TPSA) is 83.6 Å². The second-order valence-corrected chi connectivity index (χ2v) is 6.77. The molecule has 21 heavy (non-hydrogen) atoms. The lowest BCUT2D eigenvalue weighted by Gasteiger charge is -2.23. The molecule has 0 amide bonds. The molecule has 1 saturated heterocycles. The molecular formula is C14H20N3O3S+. The van der Waals surface area contributed by atoms with Gasteiger partial charge in [-0.2, -0.15) is 5.26 Å². The summed E-state index contributed by atoms with van der Waals surface area (Å²) in [7, 11) is -3.48. The van der Waals surface area contributed by atoms with Gasteiger partial charge in [-0.3, -0.25) is 0 Å². The minimum absolute atomic E-state index is 0.195. The van der Waals surface area contributed by atoms with Gasteiger partial charge in [-0.05, 0) is 24.3 Å². The molecule has 1 aliphatic heterocycles. The summed E-state index contributed by atoms with van der Waals surface area (Å²) in [5, 5.41) is 8.70. The van der Waals surface area contributed by atoms with Crippen LogP contribution in [0.5, 0.6) is 0 Å². The Morgan fingerprint density at radius 2 is 1.90 bits per heavy atom. The number of nitrogens with one attached hydrogen (secondary N) is 2. The molecular weight excluding hydrogens is 290 g/mol. The van der Waals surface area contributed by atoms with Crippen LogP contribution in [0.2, 0.25) is 0 Å². The molecule has 1 fully saturated rings. The Labute approximate surface area is 125 Å². The second-order valence-electron chi connectivity index (χ2n) is 5.00. The van der Waals surface area contributed by atoms with Gasteiger partial charge in [0.1, 0.15) is 13.1 Å². The van der Waals surface area contributed by atoms with Crippen LogP contribution in [0.25, 0.3) is 0 Å². The van der Waals surface area contributed by atoms with Gasteiger partial charge in [0.15, 0.2) is 0 Å². The van der Waals surface area contributed by atoms with Crippen LogP contribution in [0.3, 0.4) is 0 Å². The number of nitrogens with zero attached hydrogens (tertiary/aromatic N) is 1. The van der Waals surface area contributed by atoms with Gasteiger partial charge in [-0.15, -0.1) is 0 Å². The highest BCUT2D eigenvalue weighted by atomic mass is 32.2. The molecule has 1 heterocycles. The van der Waals surface area contributed by atoms with Crippen molar-refractivity contribution < 1.29 is 18.1 Å². The van der Waals surface area contributed by atoms with Crippen molar-refractivity contribution in [1.29, 1.82) is 5.26 Å². The number of hydrogen-bond acceptors (Lipinski definition) is 4. The van der Waals surface area contributed by atoms with E-state index >= 15 is 0 Å². The summed E-state index contributed by atoms with van der Waals surface area (Å²) in [6.45, 7) is 4.91. The lowest BCUT2D eigenvalue weighted by Crippen LogP contribution is -3.14. The fraction of sp³-hybridized carbons (Fsp3) is 0.500. The Bertz CT molecular complexity index is 587. The van der Waals surface area contributed by atoms with Crippen LogP contribution in [-0.2, 0) is 14.8 Å². The van der Waals surface area contributed by atoms with Gasteiger partial charge in [0.25, 0.3) is 0 Å². The van der Waals surface area contributed by atoms with Crippen molar-refractivity contribution in [2.24, 2.45) is 0 Å². The van der Waals surface area contributed by atoms with Gasteiger partial charge in [0.05, 0.1) is 36.3 Å². The molecule has 7 heteroatoms. The lowest BCUT2D eigenvalue weighted by molar-refractivity contribution is -0.908. The van der Waals surface area contributed by atoms with E-state index in [1.807, 2.05) is 6.07 Å². The Morgan fingerprint density at radius 1 is 1.24 bits per heavy atom. The third kappa shape index (κ3) is 4.79. The first-order valence-corrected chi connectivity index (χ1v) is 8.51. The summed E-state index contributed by atoms with van der Waals surface area (Å²) in [4.78, 5) is 1.65. The fourth-order valence-electron chi connectivity index (χ4n) is 2.25. The summed E-state index contributed by atoms with van der Waals surface area (Å²) < 4.78 is 32.0. The van der Waals surface area contributed by atoms with Gasteiger partial charge in [-0.25, -0.2) is 13.1 Å². The third-order valence-corrected chi connectivity index (χ3v) is 4.97. The molecule has 1 aromatic rings. The van der Waals surface area contributed by atoms with E-state index in [2.05, 4.69) is 4.72 Å². The predicted molar refractivity (Wildman–Crippen MR) is 77.3 cm³/mol. The number of nitriles is 1. The molecule has 6 nitrogen and oxygen atoms in total. The summed E-state index contributed by atoms with van der Waals surface area (Å²) in [6, 6.07) is 7.88. The molecule has 0 atom stereocenters. The zero-order valence-corrected chi connectivity index (χ0v) is 12.7. The zero-order chi connectivity index (χ0) is 15.1. The Kier molecular flexibility index (Phi) is 5.70. The molecule has 0 saturated carbocycles. The average molecular weight is 310 g/mol. The van der Waals surface area contributed by atoms with E-state index in [1.165, 1.54) is 29.2 Å². The standard InChI is InChI=1S/C14H19N3O3S/c15-12-13-2-4-14(5-3-13)21(18,19)16-6-1-7-17-8-10-20-11-9-17/h2-5,16H,1,6-11H2/p+1. The molecule has 0 bridgehead atoms. The molecule has 2 rings (SSSR count). The number of hydrogen-bond donors (Lipinski definition) is 2. The van der Waals surface area contributed by atoms with Crippen molar-refractivity contribution in [2.75, 3.05) is 39.4 Å². The van der Waals surface area contributed by atoms with E-state index in [0.717, 1.165) is 39.3 Å². The van der Waals surface area contributed by atoms with Gasteiger partial charge in [-0.1, -0.05) is 0 Å². The molecule has 0 spiro atoms. The van der Waals surface area contributed by atoms with Crippen molar-refractivity contribution >= 4 is 10.0 Å². The van der Waals surface area contributed by atoms with E-state index in [1.54, 1.807) is 0 Å². The Hall–Kier alpha value is -1.46. The van der Waals surface area contributed by atoms with Crippen molar-refractivity contribution in [3.05, 3.63) is 29.8 Å². The SMILES string of the molecule is N#Cc1ccc(S(=O)(=O)NCCC[NH+]2CCOCC2)cc1. The average Bonchev–Trinajstić information content (AvgIpc) is 2.53. The van der Waals surface area contributed by atoms with Gasteiger partial charge in [0, 0.05) is 13.0 Å². The Balaban J connectivity index is 1.79. The van der Waals surface area contributed by atoms with Crippen LogP contribution in [0.15, 0.2) is 29.2 Å². The highest BCUT2D eigenvalue weighted by Crippen LogP contribution is 2.09. The van der Waals surface area contributed by atoms with Gasteiger partial charge < -0.3 is 9.64 Å². The highest BCUT2D eigenvalue weighted by molar-refractivity contribution is 7.89. The monoisotopic (exact) mass is 310 g/mol.